The van der Waals surface area contributed by atoms with E-state index in [0.29, 0.717) is 54.1 Å². The second-order valence-electron chi connectivity index (χ2n) is 7.96. The van der Waals surface area contributed by atoms with Gasteiger partial charge >= 0.3 is 0 Å². The third-order valence-corrected chi connectivity index (χ3v) is 5.90. The number of nitrogens with zero attached hydrogens (tertiary/aromatic N) is 3. The fourth-order valence-electron chi connectivity index (χ4n) is 4.09. The van der Waals surface area contributed by atoms with Gasteiger partial charge in [0.15, 0.2) is 0 Å². The summed E-state index contributed by atoms with van der Waals surface area (Å²) in [5, 5.41) is 3.57. The molecule has 3 heterocycles. The van der Waals surface area contributed by atoms with E-state index in [1.165, 1.54) is 0 Å². The number of furan rings is 1. The molecule has 1 fully saturated rings. The van der Waals surface area contributed by atoms with Crippen molar-refractivity contribution < 1.29 is 18.7 Å². The van der Waals surface area contributed by atoms with Crippen LogP contribution in [0.15, 0.2) is 77.3 Å². The molecule has 172 valence electrons. The summed E-state index contributed by atoms with van der Waals surface area (Å²) in [6.07, 6.45) is 1.76. The lowest BCUT2D eigenvalue weighted by atomic mass is 10.1. The number of aromatic nitrogens is 1. The molecule has 0 bridgehead atoms. The Kier molecular flexibility index (Phi) is 5.86. The van der Waals surface area contributed by atoms with E-state index in [0.717, 1.165) is 5.82 Å². The normalized spacial score (nSPS) is 13.7. The van der Waals surface area contributed by atoms with Gasteiger partial charge in [0.05, 0.1) is 7.11 Å². The molecule has 0 atom stereocenters. The smallest absolute Gasteiger partial charge is 0.291 e. The summed E-state index contributed by atoms with van der Waals surface area (Å²) < 4.78 is 11.2. The Morgan fingerprint density at radius 1 is 0.971 bits per heavy atom. The molecule has 0 aliphatic carbocycles. The molecule has 8 nitrogen and oxygen atoms in total. The molecule has 34 heavy (non-hydrogen) atoms. The van der Waals surface area contributed by atoms with Crippen LogP contribution in [-0.2, 0) is 0 Å². The van der Waals surface area contributed by atoms with Gasteiger partial charge in [-0.1, -0.05) is 24.3 Å². The fraction of sp³-hybridized carbons (Fsp3) is 0.192. The highest BCUT2D eigenvalue weighted by Gasteiger charge is 2.29. The molecule has 5 rings (SSSR count). The number of benzene rings is 2. The van der Waals surface area contributed by atoms with Crippen molar-refractivity contribution in [2.45, 2.75) is 0 Å². The van der Waals surface area contributed by atoms with Crippen molar-refractivity contribution in [1.82, 2.24) is 9.88 Å². The van der Waals surface area contributed by atoms with Crippen molar-refractivity contribution in [2.24, 2.45) is 0 Å². The van der Waals surface area contributed by atoms with Crippen LogP contribution in [0.3, 0.4) is 0 Å². The van der Waals surface area contributed by atoms with Gasteiger partial charge in [-0.05, 0) is 42.5 Å². The van der Waals surface area contributed by atoms with Gasteiger partial charge in [-0.15, -0.1) is 0 Å². The van der Waals surface area contributed by atoms with Crippen LogP contribution in [0, 0.1) is 0 Å². The highest BCUT2D eigenvalue weighted by molar-refractivity contribution is 6.14. The molecule has 2 aromatic heterocycles. The summed E-state index contributed by atoms with van der Waals surface area (Å²) >= 11 is 0. The minimum absolute atomic E-state index is 0.128. The van der Waals surface area contributed by atoms with Gasteiger partial charge in [0, 0.05) is 43.3 Å². The van der Waals surface area contributed by atoms with Gasteiger partial charge in [0.1, 0.15) is 22.8 Å². The lowest BCUT2D eigenvalue weighted by molar-refractivity contribution is 0.0718. The third-order valence-electron chi connectivity index (χ3n) is 5.90. The average molecular weight is 457 g/mol. The summed E-state index contributed by atoms with van der Waals surface area (Å²) in [6.45, 7) is 2.37. The second-order valence-corrected chi connectivity index (χ2v) is 7.96. The topological polar surface area (TPSA) is 87.9 Å². The maximum absolute atomic E-state index is 13.5. The Bertz CT molecular complexity index is 1330. The van der Waals surface area contributed by atoms with E-state index < -0.39 is 0 Å². The van der Waals surface area contributed by atoms with Crippen LogP contribution in [0.1, 0.15) is 20.9 Å². The van der Waals surface area contributed by atoms with Crippen molar-refractivity contribution >= 4 is 34.3 Å². The standard InChI is InChI=1S/C26H24N4O4/c1-33-19-8-6-7-18(17-19)25(31)28-23-20-9-2-3-10-21(20)34-24(23)26(32)30-15-13-29(14-16-30)22-11-4-5-12-27-22/h2-12,17H,13-16H2,1H3,(H,28,31). The molecule has 1 aliphatic rings. The SMILES string of the molecule is COc1cccc(C(=O)Nc2c(C(=O)N3CCN(c4ccccn4)CC3)oc3ccccc23)c1. The van der Waals surface area contributed by atoms with Crippen molar-refractivity contribution in [3.8, 4) is 5.75 Å². The van der Waals surface area contributed by atoms with E-state index in [4.69, 9.17) is 9.15 Å². The first-order valence-electron chi connectivity index (χ1n) is 11.1. The van der Waals surface area contributed by atoms with Crippen LogP contribution in [0.5, 0.6) is 5.75 Å². The Labute approximate surface area is 196 Å². The van der Waals surface area contributed by atoms with Gasteiger partial charge < -0.3 is 24.3 Å². The predicted octanol–water partition coefficient (Wildman–Crippen LogP) is 4.05. The summed E-state index contributed by atoms with van der Waals surface area (Å²) in [5.74, 6) is 0.998. The zero-order valence-electron chi connectivity index (χ0n) is 18.7. The van der Waals surface area contributed by atoms with E-state index >= 15 is 0 Å². The van der Waals surface area contributed by atoms with Crippen LogP contribution in [0.4, 0.5) is 11.5 Å². The molecule has 0 radical (unpaired) electrons. The van der Waals surface area contributed by atoms with Gasteiger partial charge in [-0.25, -0.2) is 4.98 Å². The van der Waals surface area contributed by atoms with E-state index in [-0.39, 0.29) is 17.6 Å². The first-order valence-corrected chi connectivity index (χ1v) is 11.1. The monoisotopic (exact) mass is 456 g/mol. The van der Waals surface area contributed by atoms with E-state index in [1.807, 2.05) is 36.4 Å². The van der Waals surface area contributed by atoms with E-state index in [1.54, 1.807) is 48.5 Å². The predicted molar refractivity (Wildman–Crippen MR) is 130 cm³/mol. The van der Waals surface area contributed by atoms with Crippen LogP contribution >= 0.6 is 0 Å². The number of rotatable bonds is 5. The number of hydrogen-bond acceptors (Lipinski definition) is 6. The maximum Gasteiger partial charge on any atom is 0.291 e. The number of pyridine rings is 1. The second kappa shape index (κ2) is 9.27. The Morgan fingerprint density at radius 2 is 1.76 bits per heavy atom. The Balaban J connectivity index is 1.39. The van der Waals surface area contributed by atoms with Crippen LogP contribution < -0.4 is 15.0 Å². The quantitative estimate of drug-likeness (QED) is 0.488. The fourth-order valence-corrected chi connectivity index (χ4v) is 4.09. The zero-order valence-corrected chi connectivity index (χ0v) is 18.7. The highest BCUT2D eigenvalue weighted by Crippen LogP contribution is 2.32. The van der Waals surface area contributed by atoms with Crippen LogP contribution in [0.2, 0.25) is 0 Å². The number of fused-ring (bicyclic) bond motifs is 1. The molecule has 2 aromatic carbocycles. The number of piperazine rings is 1. The van der Waals surface area contributed by atoms with Crippen molar-refractivity contribution in [1.29, 1.82) is 0 Å². The number of carbonyl (C=O) groups excluding carboxylic acids is 2. The van der Waals surface area contributed by atoms with Gasteiger partial charge in [-0.2, -0.15) is 0 Å². The van der Waals surface area contributed by atoms with Crippen LogP contribution in [-0.4, -0.2) is 55.0 Å². The molecule has 0 spiro atoms. The Hall–Kier alpha value is -4.33. The van der Waals surface area contributed by atoms with Crippen molar-refractivity contribution in [2.75, 3.05) is 43.5 Å². The lowest BCUT2D eigenvalue weighted by Gasteiger charge is -2.35. The lowest BCUT2D eigenvalue weighted by Crippen LogP contribution is -2.49. The number of ether oxygens (including phenoxy) is 1. The van der Waals surface area contributed by atoms with E-state index in [9.17, 15) is 9.59 Å². The molecule has 0 unspecified atom stereocenters. The zero-order chi connectivity index (χ0) is 23.5. The number of hydrogen-bond donors (Lipinski definition) is 1. The summed E-state index contributed by atoms with van der Waals surface area (Å²) in [6, 6.07) is 19.9. The minimum atomic E-state index is -0.348. The number of nitrogens with one attached hydrogen (secondary N) is 1. The van der Waals surface area contributed by atoms with Crippen molar-refractivity contribution in [3.05, 3.63) is 84.3 Å². The highest BCUT2D eigenvalue weighted by atomic mass is 16.5. The van der Waals surface area contributed by atoms with Gasteiger partial charge in [0.25, 0.3) is 11.8 Å². The van der Waals surface area contributed by atoms with Gasteiger partial charge in [0.2, 0.25) is 5.76 Å². The molecular weight excluding hydrogens is 432 g/mol. The molecule has 1 aliphatic heterocycles. The molecule has 2 amide bonds. The first-order chi connectivity index (χ1) is 16.6. The summed E-state index contributed by atoms with van der Waals surface area (Å²) in [4.78, 5) is 34.8. The third kappa shape index (κ3) is 4.17. The van der Waals surface area contributed by atoms with Crippen molar-refractivity contribution in [3.63, 3.8) is 0 Å². The molecule has 0 saturated carbocycles. The number of amides is 2. The Morgan fingerprint density at radius 3 is 2.53 bits per heavy atom. The van der Waals surface area contributed by atoms with Gasteiger partial charge in [-0.3, -0.25) is 9.59 Å². The molecular formula is C26H24N4O4. The number of para-hydroxylation sites is 1. The molecule has 8 heteroatoms. The maximum atomic E-state index is 13.5. The molecule has 4 aromatic rings. The number of methoxy groups -OCH3 is 1. The number of anilines is 2. The number of carbonyl (C=O) groups is 2. The summed E-state index contributed by atoms with van der Waals surface area (Å²) in [7, 11) is 1.55. The largest absolute Gasteiger partial charge is 0.497 e. The molecule has 1 saturated heterocycles. The summed E-state index contributed by atoms with van der Waals surface area (Å²) in [5.41, 5.74) is 1.34. The average Bonchev–Trinajstić information content (AvgIpc) is 3.27. The first kappa shape index (κ1) is 21.5. The molecule has 1 N–H and O–H groups in total. The van der Waals surface area contributed by atoms with Crippen LogP contribution in [0.25, 0.3) is 11.0 Å². The minimum Gasteiger partial charge on any atom is -0.497 e. The van der Waals surface area contributed by atoms with E-state index in [2.05, 4.69) is 15.2 Å².